The number of hydrogen-bond donors (Lipinski definition) is 2. The Morgan fingerprint density at radius 1 is 1.16 bits per heavy atom. The molecule has 2 N–H and O–H groups in total. The number of carbonyl (C=O) groups is 1. The first kappa shape index (κ1) is 20.9. The number of nitrogens with one attached hydrogen (secondary N) is 1. The molecule has 2 heterocycles. The average Bonchev–Trinajstić information content (AvgIpc) is 3.32. The maximum atomic E-state index is 13.2. The molecule has 0 spiro atoms. The van der Waals surface area contributed by atoms with Crippen LogP contribution < -0.4 is 4.74 Å². The van der Waals surface area contributed by atoms with Gasteiger partial charge in [-0.25, -0.2) is 0 Å². The van der Waals surface area contributed by atoms with Crippen molar-refractivity contribution in [3.05, 3.63) is 64.8 Å². The van der Waals surface area contributed by atoms with Crippen molar-refractivity contribution in [1.29, 1.82) is 0 Å². The second-order valence-electron chi connectivity index (χ2n) is 7.69. The van der Waals surface area contributed by atoms with Gasteiger partial charge in [0.15, 0.2) is 0 Å². The van der Waals surface area contributed by atoms with Gasteiger partial charge in [-0.05, 0) is 43.2 Å². The zero-order valence-corrected chi connectivity index (χ0v) is 18.0. The third-order valence-corrected chi connectivity index (χ3v) is 5.48. The Balaban J connectivity index is 1.80. The van der Waals surface area contributed by atoms with Crippen molar-refractivity contribution in [2.45, 2.75) is 26.3 Å². The fourth-order valence-electron chi connectivity index (χ4n) is 3.97. The molecule has 0 fully saturated rings. The molecule has 0 saturated carbocycles. The molecule has 7 nitrogen and oxygen atoms in total. The molecule has 1 aliphatic heterocycles. The summed E-state index contributed by atoms with van der Waals surface area (Å²) >= 11 is 0. The number of nitrogens with zero attached hydrogens (tertiary/aromatic N) is 2. The van der Waals surface area contributed by atoms with Crippen LogP contribution in [0, 0.1) is 6.92 Å². The lowest BCUT2D eigenvalue weighted by Crippen LogP contribution is -2.32. The normalized spacial score (nSPS) is 15.4. The minimum Gasteiger partial charge on any atom is -0.507 e. The number of H-pyrrole nitrogens is 1. The van der Waals surface area contributed by atoms with E-state index >= 15 is 0 Å². The van der Waals surface area contributed by atoms with Gasteiger partial charge in [0.2, 0.25) is 0 Å². The molecule has 7 heteroatoms. The zero-order valence-electron chi connectivity index (χ0n) is 18.0. The number of aromatic hydroxyl groups is 1. The summed E-state index contributed by atoms with van der Waals surface area (Å²) in [5.74, 6) is 0.793. The van der Waals surface area contributed by atoms with Gasteiger partial charge in [0.05, 0.1) is 19.3 Å². The van der Waals surface area contributed by atoms with Crippen molar-refractivity contribution in [2.75, 3.05) is 26.9 Å². The lowest BCUT2D eigenvalue weighted by molar-refractivity contribution is 0.0677. The number of methoxy groups -OCH3 is 1. The van der Waals surface area contributed by atoms with Gasteiger partial charge in [0.25, 0.3) is 5.91 Å². The Kier molecular flexibility index (Phi) is 5.95. The van der Waals surface area contributed by atoms with E-state index in [2.05, 4.69) is 17.1 Å². The minimum atomic E-state index is -0.341. The SMILES string of the molecule is CCCOc1ccc([C@H]2c3c(-c4cc(C)ccc4O)n[nH]c3C(=O)N2CCOC)cc1. The number of ether oxygens (including phenoxy) is 2. The first-order chi connectivity index (χ1) is 15.0. The first-order valence-corrected chi connectivity index (χ1v) is 10.5. The van der Waals surface area contributed by atoms with Crippen LogP contribution >= 0.6 is 0 Å². The highest BCUT2D eigenvalue weighted by Gasteiger charge is 2.42. The molecule has 1 aliphatic rings. The second-order valence-corrected chi connectivity index (χ2v) is 7.69. The Morgan fingerprint density at radius 2 is 1.94 bits per heavy atom. The Bertz CT molecular complexity index is 1070. The predicted molar refractivity (Wildman–Crippen MR) is 117 cm³/mol. The van der Waals surface area contributed by atoms with E-state index in [1.807, 2.05) is 43.3 Å². The van der Waals surface area contributed by atoms with Crippen LogP contribution in [0.5, 0.6) is 11.5 Å². The van der Waals surface area contributed by atoms with Crippen molar-refractivity contribution in [3.8, 4) is 22.8 Å². The summed E-state index contributed by atoms with van der Waals surface area (Å²) in [5, 5.41) is 17.8. The van der Waals surface area contributed by atoms with Crippen molar-refractivity contribution < 1.29 is 19.4 Å². The second kappa shape index (κ2) is 8.81. The summed E-state index contributed by atoms with van der Waals surface area (Å²) in [4.78, 5) is 15.0. The van der Waals surface area contributed by atoms with Crippen LogP contribution in [0.3, 0.4) is 0 Å². The summed E-state index contributed by atoms with van der Waals surface area (Å²) in [7, 11) is 1.62. The fourth-order valence-corrected chi connectivity index (χ4v) is 3.97. The van der Waals surface area contributed by atoms with Crippen LogP contribution in [0.25, 0.3) is 11.3 Å². The van der Waals surface area contributed by atoms with Crippen molar-refractivity contribution in [2.24, 2.45) is 0 Å². The third kappa shape index (κ3) is 3.88. The largest absolute Gasteiger partial charge is 0.507 e. The number of rotatable bonds is 8. The van der Waals surface area contributed by atoms with E-state index in [0.29, 0.717) is 36.7 Å². The van der Waals surface area contributed by atoms with E-state index in [1.165, 1.54) is 0 Å². The molecule has 1 atom stereocenters. The van der Waals surface area contributed by atoms with E-state index in [-0.39, 0.29) is 17.7 Å². The summed E-state index contributed by atoms with van der Waals surface area (Å²) in [5.41, 5.74) is 4.35. The number of phenolic OH excluding ortho intramolecular Hbond substituents is 1. The molecule has 3 aromatic rings. The van der Waals surface area contributed by atoms with Crippen molar-refractivity contribution in [1.82, 2.24) is 15.1 Å². The minimum absolute atomic E-state index is 0.129. The molecule has 0 unspecified atom stereocenters. The summed E-state index contributed by atoms with van der Waals surface area (Å²) in [6.45, 7) is 5.54. The zero-order chi connectivity index (χ0) is 22.0. The molecule has 0 saturated heterocycles. The number of aryl methyl sites for hydroxylation is 1. The molecular weight excluding hydrogens is 394 g/mol. The summed E-state index contributed by atoms with van der Waals surface area (Å²) in [6.07, 6.45) is 0.936. The maximum Gasteiger partial charge on any atom is 0.273 e. The van der Waals surface area contributed by atoms with E-state index in [1.54, 1.807) is 18.1 Å². The van der Waals surface area contributed by atoms with Crippen molar-refractivity contribution >= 4 is 5.91 Å². The fraction of sp³-hybridized carbons (Fsp3) is 0.333. The van der Waals surface area contributed by atoms with Gasteiger partial charge in [0.1, 0.15) is 22.9 Å². The van der Waals surface area contributed by atoms with Crippen LogP contribution in [-0.4, -0.2) is 53.0 Å². The summed E-state index contributed by atoms with van der Waals surface area (Å²) < 4.78 is 11.0. The molecule has 2 aromatic carbocycles. The molecule has 0 radical (unpaired) electrons. The van der Waals surface area contributed by atoms with E-state index in [0.717, 1.165) is 28.9 Å². The third-order valence-electron chi connectivity index (χ3n) is 5.48. The Labute approximate surface area is 181 Å². The van der Waals surface area contributed by atoms with E-state index < -0.39 is 0 Å². The number of amides is 1. The van der Waals surface area contributed by atoms with E-state index in [4.69, 9.17) is 9.47 Å². The Hall–Kier alpha value is -3.32. The molecule has 0 aliphatic carbocycles. The molecule has 162 valence electrons. The topological polar surface area (TPSA) is 87.7 Å². The van der Waals surface area contributed by atoms with Gasteiger partial charge in [-0.1, -0.05) is 30.7 Å². The number of aromatic amines is 1. The quantitative estimate of drug-likeness (QED) is 0.572. The van der Waals surface area contributed by atoms with E-state index in [9.17, 15) is 9.90 Å². The van der Waals surface area contributed by atoms with Crippen LogP contribution in [-0.2, 0) is 4.74 Å². The van der Waals surface area contributed by atoms with Gasteiger partial charge in [-0.15, -0.1) is 0 Å². The number of hydrogen-bond acceptors (Lipinski definition) is 5. The monoisotopic (exact) mass is 421 g/mol. The van der Waals surface area contributed by atoms with Gasteiger partial charge in [0, 0.05) is 24.8 Å². The smallest absolute Gasteiger partial charge is 0.273 e. The standard InChI is InChI=1S/C24H27N3O4/c1-4-12-31-17-8-6-16(7-9-17)23-20-21(18-14-15(2)5-10-19(18)28)25-26-22(20)24(29)27(23)11-13-30-3/h5-10,14,23,28H,4,11-13H2,1-3H3,(H,25,26)/t23-/m0/s1. The van der Waals surface area contributed by atoms with Crippen molar-refractivity contribution in [3.63, 3.8) is 0 Å². The lowest BCUT2D eigenvalue weighted by Gasteiger charge is -2.26. The first-order valence-electron chi connectivity index (χ1n) is 10.5. The number of aromatic nitrogens is 2. The number of benzene rings is 2. The number of phenols is 1. The predicted octanol–water partition coefficient (Wildman–Crippen LogP) is 4.07. The van der Waals surface area contributed by atoms with Crippen LogP contribution in [0.2, 0.25) is 0 Å². The number of carbonyl (C=O) groups excluding carboxylic acids is 1. The molecular formula is C24H27N3O4. The molecule has 0 bridgehead atoms. The highest BCUT2D eigenvalue weighted by Crippen LogP contribution is 2.44. The van der Waals surface area contributed by atoms with Crippen LogP contribution in [0.1, 0.15) is 46.6 Å². The molecule has 4 rings (SSSR count). The van der Waals surface area contributed by atoms with Crippen LogP contribution in [0.4, 0.5) is 0 Å². The van der Waals surface area contributed by atoms with Gasteiger partial charge < -0.3 is 19.5 Å². The van der Waals surface area contributed by atoms with Gasteiger partial charge >= 0.3 is 0 Å². The molecule has 1 aromatic heterocycles. The number of fused-ring (bicyclic) bond motifs is 1. The average molecular weight is 421 g/mol. The maximum absolute atomic E-state index is 13.2. The lowest BCUT2D eigenvalue weighted by atomic mass is 9.95. The van der Waals surface area contributed by atoms with Gasteiger partial charge in [-0.3, -0.25) is 9.89 Å². The highest BCUT2D eigenvalue weighted by atomic mass is 16.5. The Morgan fingerprint density at radius 3 is 2.65 bits per heavy atom. The van der Waals surface area contributed by atoms with Crippen LogP contribution in [0.15, 0.2) is 42.5 Å². The summed E-state index contributed by atoms with van der Waals surface area (Å²) in [6, 6.07) is 12.8. The molecule has 1 amide bonds. The highest BCUT2D eigenvalue weighted by molar-refractivity contribution is 6.00. The van der Waals surface area contributed by atoms with Gasteiger partial charge in [-0.2, -0.15) is 5.10 Å². The molecule has 31 heavy (non-hydrogen) atoms.